The number of amides is 1. The lowest BCUT2D eigenvalue weighted by Gasteiger charge is -2.26. The normalized spacial score (nSPS) is 15.7. The number of aryl methyl sites for hydroxylation is 1. The van der Waals surface area contributed by atoms with E-state index in [1.807, 2.05) is 48.5 Å². The second-order valence-corrected chi connectivity index (χ2v) is 9.78. The molecule has 0 aliphatic carbocycles. The summed E-state index contributed by atoms with van der Waals surface area (Å²) in [5, 5.41) is 0.131. The van der Waals surface area contributed by atoms with E-state index in [4.69, 9.17) is 4.42 Å². The first-order valence-corrected chi connectivity index (χ1v) is 11.5. The number of anilines is 1. The fraction of sp³-hybridized carbons (Fsp3) is 0.241. The van der Waals surface area contributed by atoms with Crippen LogP contribution >= 0.6 is 0 Å². The Morgan fingerprint density at radius 1 is 0.941 bits per heavy atom. The summed E-state index contributed by atoms with van der Waals surface area (Å²) < 4.78 is 19.9. The molecule has 2 heterocycles. The van der Waals surface area contributed by atoms with Gasteiger partial charge in [-0.25, -0.2) is 4.39 Å². The van der Waals surface area contributed by atoms with E-state index in [0.717, 1.165) is 23.1 Å². The summed E-state index contributed by atoms with van der Waals surface area (Å²) in [4.78, 5) is 28.9. The van der Waals surface area contributed by atoms with E-state index in [9.17, 15) is 14.0 Å². The molecule has 1 amide bonds. The van der Waals surface area contributed by atoms with Gasteiger partial charge in [-0.05, 0) is 58.9 Å². The van der Waals surface area contributed by atoms with Crippen LogP contribution in [-0.4, -0.2) is 5.91 Å². The fourth-order valence-electron chi connectivity index (χ4n) is 4.58. The molecule has 0 bridgehead atoms. The van der Waals surface area contributed by atoms with Crippen LogP contribution in [0.15, 0.2) is 75.9 Å². The van der Waals surface area contributed by atoms with E-state index in [2.05, 4.69) is 27.7 Å². The maximum absolute atomic E-state index is 14.0. The SMILES string of the molecule is CCc1ccc(N2C(=O)c3oc4ccc(F)cc4c(=O)c3C2c2ccc(C(C)(C)C)cc2)cc1. The third-order valence-corrected chi connectivity index (χ3v) is 6.55. The maximum atomic E-state index is 14.0. The lowest BCUT2D eigenvalue weighted by atomic mass is 9.86. The fourth-order valence-corrected chi connectivity index (χ4v) is 4.58. The molecule has 0 N–H and O–H groups in total. The maximum Gasteiger partial charge on any atom is 0.295 e. The largest absolute Gasteiger partial charge is 0.450 e. The van der Waals surface area contributed by atoms with E-state index >= 15 is 0 Å². The standard InChI is InChI=1S/C29H26FNO3/c1-5-17-6-13-21(14-7-17)31-25(18-8-10-19(11-9-18)29(2,3)4)24-26(32)22-16-20(30)12-15-23(22)34-27(24)28(31)33/h6-16,25H,5H2,1-4H3. The number of halogens is 1. The zero-order valence-electron chi connectivity index (χ0n) is 19.7. The van der Waals surface area contributed by atoms with Gasteiger partial charge >= 0.3 is 0 Å². The predicted octanol–water partition coefficient (Wildman–Crippen LogP) is 6.54. The molecule has 4 nitrogen and oxygen atoms in total. The molecule has 0 saturated heterocycles. The van der Waals surface area contributed by atoms with Crippen LogP contribution in [0.2, 0.25) is 0 Å². The third-order valence-electron chi connectivity index (χ3n) is 6.55. The monoisotopic (exact) mass is 455 g/mol. The Labute approximate surface area is 197 Å². The van der Waals surface area contributed by atoms with Crippen molar-refractivity contribution < 1.29 is 13.6 Å². The summed E-state index contributed by atoms with van der Waals surface area (Å²) in [6.45, 7) is 8.46. The highest BCUT2D eigenvalue weighted by atomic mass is 19.1. The van der Waals surface area contributed by atoms with E-state index in [-0.39, 0.29) is 39.0 Å². The van der Waals surface area contributed by atoms with E-state index in [1.165, 1.54) is 18.2 Å². The average molecular weight is 456 g/mol. The molecule has 1 aromatic heterocycles. The highest BCUT2D eigenvalue weighted by Crippen LogP contribution is 2.41. The van der Waals surface area contributed by atoms with Crippen molar-refractivity contribution in [3.63, 3.8) is 0 Å². The van der Waals surface area contributed by atoms with Crippen LogP contribution in [0.25, 0.3) is 11.0 Å². The topological polar surface area (TPSA) is 50.5 Å². The number of fused-ring (bicyclic) bond motifs is 2. The van der Waals surface area contributed by atoms with Crippen molar-refractivity contribution in [2.24, 2.45) is 0 Å². The molecule has 1 aliphatic rings. The van der Waals surface area contributed by atoms with Crippen LogP contribution in [0.3, 0.4) is 0 Å². The number of rotatable bonds is 3. The van der Waals surface area contributed by atoms with Gasteiger partial charge in [0.1, 0.15) is 11.4 Å². The van der Waals surface area contributed by atoms with Crippen LogP contribution in [0.4, 0.5) is 10.1 Å². The van der Waals surface area contributed by atoms with Crippen LogP contribution in [0, 0.1) is 5.82 Å². The molecule has 0 saturated carbocycles. The second kappa shape index (κ2) is 7.94. The van der Waals surface area contributed by atoms with E-state index in [0.29, 0.717) is 5.69 Å². The Morgan fingerprint density at radius 3 is 2.24 bits per heavy atom. The summed E-state index contributed by atoms with van der Waals surface area (Å²) in [6.07, 6.45) is 0.878. The van der Waals surface area contributed by atoms with Gasteiger partial charge in [0.05, 0.1) is 17.0 Å². The molecule has 34 heavy (non-hydrogen) atoms. The minimum Gasteiger partial charge on any atom is -0.450 e. The molecule has 0 spiro atoms. The molecule has 0 fully saturated rings. The van der Waals surface area contributed by atoms with Crippen LogP contribution in [0.1, 0.15) is 66.5 Å². The minimum absolute atomic E-state index is 0.00794. The van der Waals surface area contributed by atoms with Crippen LogP contribution in [-0.2, 0) is 11.8 Å². The number of carbonyl (C=O) groups is 1. The van der Waals surface area contributed by atoms with Crippen molar-refractivity contribution >= 4 is 22.6 Å². The summed E-state index contributed by atoms with van der Waals surface area (Å²) >= 11 is 0. The molecule has 4 aromatic rings. The smallest absolute Gasteiger partial charge is 0.295 e. The molecule has 0 radical (unpaired) electrons. The molecule has 3 aromatic carbocycles. The molecule has 1 aliphatic heterocycles. The Hall–Kier alpha value is -3.73. The molecular formula is C29H26FNO3. The predicted molar refractivity (Wildman–Crippen MR) is 132 cm³/mol. The summed E-state index contributed by atoms with van der Waals surface area (Å²) in [5.74, 6) is -0.900. The van der Waals surface area contributed by atoms with Gasteiger partial charge in [0, 0.05) is 5.69 Å². The van der Waals surface area contributed by atoms with Gasteiger partial charge in [0.25, 0.3) is 5.91 Å². The first kappa shape index (κ1) is 22.1. The second-order valence-electron chi connectivity index (χ2n) is 9.78. The Morgan fingerprint density at radius 2 is 1.62 bits per heavy atom. The van der Waals surface area contributed by atoms with Gasteiger partial charge in [-0.3, -0.25) is 14.5 Å². The van der Waals surface area contributed by atoms with Crippen molar-refractivity contribution in [3.8, 4) is 0 Å². The van der Waals surface area contributed by atoms with Crippen molar-refractivity contribution in [2.45, 2.75) is 45.6 Å². The molecule has 5 rings (SSSR count). The lowest BCUT2D eigenvalue weighted by Crippen LogP contribution is -2.29. The quantitative estimate of drug-likeness (QED) is 0.352. The number of hydrogen-bond donors (Lipinski definition) is 0. The van der Waals surface area contributed by atoms with Gasteiger partial charge in [-0.15, -0.1) is 0 Å². The molecule has 1 unspecified atom stereocenters. The van der Waals surface area contributed by atoms with Crippen molar-refractivity contribution in [2.75, 3.05) is 4.90 Å². The highest BCUT2D eigenvalue weighted by molar-refractivity contribution is 6.10. The zero-order valence-corrected chi connectivity index (χ0v) is 19.7. The summed E-state index contributed by atoms with van der Waals surface area (Å²) in [5.41, 5.74) is 3.78. The number of benzene rings is 3. The van der Waals surface area contributed by atoms with Crippen molar-refractivity contribution in [1.29, 1.82) is 0 Å². The van der Waals surface area contributed by atoms with E-state index < -0.39 is 11.9 Å². The lowest BCUT2D eigenvalue weighted by molar-refractivity contribution is 0.0971. The number of carbonyl (C=O) groups excluding carboxylic acids is 1. The minimum atomic E-state index is -0.673. The van der Waals surface area contributed by atoms with Gasteiger partial charge in [0.15, 0.2) is 5.43 Å². The van der Waals surface area contributed by atoms with Crippen molar-refractivity contribution in [1.82, 2.24) is 0 Å². The Kier molecular flexibility index (Phi) is 5.16. The van der Waals surface area contributed by atoms with Crippen LogP contribution < -0.4 is 10.3 Å². The third kappa shape index (κ3) is 3.52. The zero-order chi connectivity index (χ0) is 24.2. The van der Waals surface area contributed by atoms with Crippen molar-refractivity contribution in [3.05, 3.63) is 111 Å². The van der Waals surface area contributed by atoms with Gasteiger partial charge in [0.2, 0.25) is 5.76 Å². The van der Waals surface area contributed by atoms with E-state index in [1.54, 1.807) is 4.90 Å². The summed E-state index contributed by atoms with van der Waals surface area (Å²) in [7, 11) is 0. The number of nitrogens with zero attached hydrogens (tertiary/aromatic N) is 1. The Bertz CT molecular complexity index is 1460. The van der Waals surface area contributed by atoms with Gasteiger partial charge < -0.3 is 4.42 Å². The molecule has 1 atom stereocenters. The van der Waals surface area contributed by atoms with Gasteiger partial charge in [-0.1, -0.05) is 64.1 Å². The number of hydrogen-bond acceptors (Lipinski definition) is 3. The highest BCUT2D eigenvalue weighted by Gasteiger charge is 2.43. The van der Waals surface area contributed by atoms with Crippen LogP contribution in [0.5, 0.6) is 0 Å². The average Bonchev–Trinajstić information content (AvgIpc) is 3.11. The first-order valence-electron chi connectivity index (χ1n) is 11.5. The summed E-state index contributed by atoms with van der Waals surface area (Å²) in [6, 6.07) is 18.8. The molecule has 5 heteroatoms. The molecular weight excluding hydrogens is 429 g/mol. The first-order chi connectivity index (χ1) is 16.2. The Balaban J connectivity index is 1.75. The van der Waals surface area contributed by atoms with Gasteiger partial charge in [-0.2, -0.15) is 0 Å². The molecule has 172 valence electrons.